The van der Waals surface area contributed by atoms with Gasteiger partial charge in [-0.15, -0.1) is 0 Å². The predicted molar refractivity (Wildman–Crippen MR) is 120 cm³/mol. The molecule has 11 heteroatoms. The molecule has 3 N–H and O–H groups in total. The van der Waals surface area contributed by atoms with Gasteiger partial charge in [-0.25, -0.2) is 4.79 Å². The number of nitrogens with one attached hydrogen (secondary N) is 2. The number of rotatable bonds is 5. The fraction of sp³-hybridized carbons (Fsp3) is 0.333. The molecular formula is C21H21ClN6O4. The van der Waals surface area contributed by atoms with Crippen LogP contribution in [0.25, 0.3) is 22.1 Å². The molecule has 1 aromatic carbocycles. The van der Waals surface area contributed by atoms with Crippen molar-refractivity contribution < 1.29 is 9.90 Å². The van der Waals surface area contributed by atoms with E-state index in [0.29, 0.717) is 29.5 Å². The molecular weight excluding hydrogens is 436 g/mol. The van der Waals surface area contributed by atoms with Crippen LogP contribution in [-0.4, -0.2) is 40.8 Å². The average Bonchev–Trinajstić information content (AvgIpc) is 3.27. The van der Waals surface area contributed by atoms with Crippen LogP contribution in [-0.2, 0) is 25.4 Å². The van der Waals surface area contributed by atoms with E-state index in [1.165, 1.54) is 4.57 Å². The molecule has 0 radical (unpaired) electrons. The standard InChI is InChI=1S/C21H21ClN6O4/c1-26-16-17(25-20(26)24-11-6-10(7-11)19(30)31)27(2)21(32)28(18(16)29)9-12-8-13-14(22)4-3-5-15(13)23-12/h3-5,8,10-11,23H,6-7,9H2,1-2H3,(H,24,25)(H,30,31). The van der Waals surface area contributed by atoms with Crippen molar-refractivity contribution >= 4 is 45.6 Å². The van der Waals surface area contributed by atoms with Crippen molar-refractivity contribution in [3.05, 3.63) is 55.8 Å². The Hall–Kier alpha value is -3.53. The van der Waals surface area contributed by atoms with E-state index in [-0.39, 0.29) is 29.7 Å². The summed E-state index contributed by atoms with van der Waals surface area (Å²) in [6.07, 6.45) is 0.981. The number of hydrogen-bond donors (Lipinski definition) is 3. The number of carboxylic acid groups (broad SMARTS) is 1. The number of imidazole rings is 1. The smallest absolute Gasteiger partial charge is 0.332 e. The van der Waals surface area contributed by atoms with Gasteiger partial charge in [0, 0.05) is 41.8 Å². The van der Waals surface area contributed by atoms with Gasteiger partial charge in [0.05, 0.1) is 12.5 Å². The van der Waals surface area contributed by atoms with Crippen LogP contribution in [0, 0.1) is 5.92 Å². The molecule has 1 aliphatic rings. The Balaban J connectivity index is 1.53. The van der Waals surface area contributed by atoms with Gasteiger partial charge in [0.25, 0.3) is 5.56 Å². The lowest BCUT2D eigenvalue weighted by Gasteiger charge is -2.33. The number of carbonyl (C=O) groups is 1. The third-order valence-electron chi connectivity index (χ3n) is 6.18. The van der Waals surface area contributed by atoms with Crippen LogP contribution < -0.4 is 16.6 Å². The minimum absolute atomic E-state index is 0.0398. The van der Waals surface area contributed by atoms with Gasteiger partial charge < -0.3 is 20.0 Å². The first-order chi connectivity index (χ1) is 15.2. The number of aliphatic carboxylic acids is 1. The highest BCUT2D eigenvalue weighted by Crippen LogP contribution is 2.30. The monoisotopic (exact) mass is 456 g/mol. The van der Waals surface area contributed by atoms with Crippen LogP contribution >= 0.6 is 11.6 Å². The number of fused-ring (bicyclic) bond motifs is 2. The van der Waals surface area contributed by atoms with Crippen LogP contribution in [0.4, 0.5) is 5.95 Å². The number of aromatic nitrogens is 5. The molecule has 0 saturated heterocycles. The van der Waals surface area contributed by atoms with Gasteiger partial charge in [-0.2, -0.15) is 4.98 Å². The fourth-order valence-electron chi connectivity index (χ4n) is 4.26. The maximum Gasteiger partial charge on any atom is 0.332 e. The van der Waals surface area contributed by atoms with Gasteiger partial charge in [0.1, 0.15) is 0 Å². The number of nitrogens with zero attached hydrogens (tertiary/aromatic N) is 4. The summed E-state index contributed by atoms with van der Waals surface area (Å²) in [6.45, 7) is 0.0588. The van der Waals surface area contributed by atoms with Gasteiger partial charge >= 0.3 is 11.7 Å². The third-order valence-corrected chi connectivity index (χ3v) is 6.51. The molecule has 0 amide bonds. The third kappa shape index (κ3) is 3.10. The summed E-state index contributed by atoms with van der Waals surface area (Å²) < 4.78 is 4.12. The molecule has 0 unspecified atom stereocenters. The van der Waals surface area contributed by atoms with Gasteiger partial charge in [-0.3, -0.25) is 18.7 Å². The quantitative estimate of drug-likeness (QED) is 0.421. The van der Waals surface area contributed by atoms with E-state index in [0.717, 1.165) is 15.5 Å². The van der Waals surface area contributed by atoms with E-state index in [4.69, 9.17) is 16.7 Å². The number of halogens is 1. The summed E-state index contributed by atoms with van der Waals surface area (Å²) >= 11 is 6.24. The lowest BCUT2D eigenvalue weighted by Crippen LogP contribution is -2.40. The molecule has 4 aromatic rings. The van der Waals surface area contributed by atoms with Gasteiger partial charge in [0.2, 0.25) is 5.95 Å². The number of anilines is 1. The summed E-state index contributed by atoms with van der Waals surface area (Å²) in [4.78, 5) is 44.9. The molecule has 10 nitrogen and oxygen atoms in total. The van der Waals surface area contributed by atoms with Gasteiger partial charge in [-0.1, -0.05) is 17.7 Å². The van der Waals surface area contributed by atoms with Gasteiger partial charge in [-0.05, 0) is 31.0 Å². The number of carboxylic acids is 1. The lowest BCUT2D eigenvalue weighted by atomic mass is 9.80. The van der Waals surface area contributed by atoms with Crippen molar-refractivity contribution in [3.63, 3.8) is 0 Å². The Morgan fingerprint density at radius 1 is 1.28 bits per heavy atom. The molecule has 3 aromatic heterocycles. The van der Waals surface area contributed by atoms with E-state index in [2.05, 4.69) is 15.3 Å². The minimum atomic E-state index is -0.809. The highest BCUT2D eigenvalue weighted by atomic mass is 35.5. The Labute approximate surface area is 186 Å². The molecule has 0 spiro atoms. The van der Waals surface area contributed by atoms with E-state index >= 15 is 0 Å². The molecule has 3 heterocycles. The first-order valence-electron chi connectivity index (χ1n) is 10.2. The highest BCUT2D eigenvalue weighted by Gasteiger charge is 2.35. The van der Waals surface area contributed by atoms with Crippen LogP contribution in [0.5, 0.6) is 0 Å². The Kier molecular flexibility index (Phi) is 4.63. The summed E-state index contributed by atoms with van der Waals surface area (Å²) in [6, 6.07) is 7.28. The highest BCUT2D eigenvalue weighted by molar-refractivity contribution is 6.35. The van der Waals surface area contributed by atoms with E-state index in [9.17, 15) is 14.4 Å². The second kappa shape index (κ2) is 7.27. The molecule has 1 aliphatic carbocycles. The SMILES string of the molecule is Cn1c(NC2CC(C(=O)O)C2)nc2c1c(=O)n(Cc1cc3c(Cl)cccc3[nH]1)c(=O)n2C. The molecule has 5 rings (SSSR count). The van der Waals surface area contributed by atoms with Crippen molar-refractivity contribution in [2.45, 2.75) is 25.4 Å². The average molecular weight is 457 g/mol. The predicted octanol–water partition coefficient (Wildman–Crippen LogP) is 1.89. The van der Waals surface area contributed by atoms with Crippen molar-refractivity contribution in [3.8, 4) is 0 Å². The van der Waals surface area contributed by atoms with E-state index in [1.54, 1.807) is 24.7 Å². The number of H-pyrrole nitrogens is 1. The van der Waals surface area contributed by atoms with Crippen LogP contribution in [0.15, 0.2) is 33.9 Å². The summed E-state index contributed by atoms with van der Waals surface area (Å²) in [5.74, 6) is -0.749. The maximum atomic E-state index is 13.3. The molecule has 1 saturated carbocycles. The largest absolute Gasteiger partial charge is 0.481 e. The molecule has 166 valence electrons. The van der Waals surface area contributed by atoms with Crippen molar-refractivity contribution in [1.29, 1.82) is 0 Å². The first kappa shape index (κ1) is 20.4. The van der Waals surface area contributed by atoms with Crippen molar-refractivity contribution in [2.75, 3.05) is 5.32 Å². The Morgan fingerprint density at radius 2 is 2.03 bits per heavy atom. The maximum absolute atomic E-state index is 13.3. The van der Waals surface area contributed by atoms with E-state index in [1.807, 2.05) is 18.2 Å². The van der Waals surface area contributed by atoms with E-state index < -0.39 is 17.2 Å². The summed E-state index contributed by atoms with van der Waals surface area (Å²) in [5.41, 5.74) is 1.14. The number of benzene rings is 1. The van der Waals surface area contributed by atoms with Crippen LogP contribution in [0.3, 0.4) is 0 Å². The first-order valence-corrected chi connectivity index (χ1v) is 10.5. The fourth-order valence-corrected chi connectivity index (χ4v) is 4.49. The molecule has 0 bridgehead atoms. The zero-order valence-corrected chi connectivity index (χ0v) is 18.2. The van der Waals surface area contributed by atoms with Crippen molar-refractivity contribution in [2.24, 2.45) is 20.0 Å². The second-order valence-electron chi connectivity index (χ2n) is 8.24. The molecule has 0 atom stereocenters. The van der Waals surface area contributed by atoms with Crippen molar-refractivity contribution in [1.82, 2.24) is 23.7 Å². The van der Waals surface area contributed by atoms with Crippen LogP contribution in [0.2, 0.25) is 5.02 Å². The topological polar surface area (TPSA) is 127 Å². The normalized spacial score (nSPS) is 18.2. The minimum Gasteiger partial charge on any atom is -0.481 e. The molecule has 32 heavy (non-hydrogen) atoms. The number of hydrogen-bond acceptors (Lipinski definition) is 5. The Bertz CT molecular complexity index is 1500. The summed E-state index contributed by atoms with van der Waals surface area (Å²) in [5, 5.41) is 13.7. The zero-order chi connectivity index (χ0) is 22.7. The summed E-state index contributed by atoms with van der Waals surface area (Å²) in [7, 11) is 3.27. The van der Waals surface area contributed by atoms with Crippen LogP contribution in [0.1, 0.15) is 18.5 Å². The molecule has 1 fully saturated rings. The Morgan fingerprint density at radius 3 is 2.72 bits per heavy atom. The second-order valence-corrected chi connectivity index (χ2v) is 8.65. The number of aryl methyl sites for hydroxylation is 2. The van der Waals surface area contributed by atoms with Gasteiger partial charge in [0.15, 0.2) is 11.2 Å². The molecule has 0 aliphatic heterocycles. The number of aromatic amines is 1. The zero-order valence-electron chi connectivity index (χ0n) is 17.4. The lowest BCUT2D eigenvalue weighted by molar-refractivity contribution is -0.144.